The van der Waals surface area contributed by atoms with Crippen molar-refractivity contribution in [2.75, 3.05) is 51.5 Å². The van der Waals surface area contributed by atoms with E-state index in [9.17, 15) is 9.59 Å². The average Bonchev–Trinajstić information content (AvgIpc) is 2.48. The third-order valence-corrected chi connectivity index (χ3v) is 4.93. The van der Waals surface area contributed by atoms with Gasteiger partial charge in [0.05, 0.1) is 0 Å². The van der Waals surface area contributed by atoms with Crippen molar-refractivity contribution in [1.82, 2.24) is 9.80 Å². The summed E-state index contributed by atoms with van der Waals surface area (Å²) in [5.41, 5.74) is 2.90. The molecule has 0 aromatic heterocycles. The number of benzene rings is 1. The Morgan fingerprint density at radius 3 is 2.31 bits per heavy atom. The van der Waals surface area contributed by atoms with Gasteiger partial charge in [-0.2, -0.15) is 0 Å². The van der Waals surface area contributed by atoms with Crippen molar-refractivity contribution >= 4 is 23.2 Å². The van der Waals surface area contributed by atoms with Gasteiger partial charge in [-0.15, -0.1) is 0 Å². The molecule has 6 heteroatoms. The second-order valence-corrected chi connectivity index (χ2v) is 7.60. The maximum absolute atomic E-state index is 12.2. The van der Waals surface area contributed by atoms with Gasteiger partial charge in [0.2, 0.25) is 11.8 Å². The summed E-state index contributed by atoms with van der Waals surface area (Å²) in [7, 11) is 7.98. The minimum absolute atomic E-state index is 0.0560. The van der Waals surface area contributed by atoms with Gasteiger partial charge in [-0.3, -0.25) is 9.59 Å². The number of amides is 2. The van der Waals surface area contributed by atoms with E-state index in [1.165, 1.54) is 0 Å². The molecule has 2 rings (SSSR count). The second-order valence-electron chi connectivity index (χ2n) is 7.60. The van der Waals surface area contributed by atoms with Crippen LogP contribution in [0.3, 0.4) is 0 Å². The van der Waals surface area contributed by atoms with Crippen LogP contribution >= 0.6 is 0 Å². The first-order chi connectivity index (χ1) is 12.3. The van der Waals surface area contributed by atoms with E-state index in [1.54, 1.807) is 6.92 Å². The van der Waals surface area contributed by atoms with Crippen molar-refractivity contribution in [2.45, 2.75) is 32.7 Å². The molecular weight excluding hydrogens is 328 g/mol. The van der Waals surface area contributed by atoms with E-state index >= 15 is 0 Å². The lowest BCUT2D eigenvalue weighted by molar-refractivity contribution is -0.129. The van der Waals surface area contributed by atoms with Crippen LogP contribution in [0.25, 0.3) is 0 Å². The Morgan fingerprint density at radius 2 is 1.81 bits per heavy atom. The minimum atomic E-state index is 0.0560. The van der Waals surface area contributed by atoms with Crippen LogP contribution in [0.15, 0.2) is 18.2 Å². The van der Waals surface area contributed by atoms with E-state index in [0.29, 0.717) is 13.1 Å². The lowest BCUT2D eigenvalue weighted by Crippen LogP contribution is -2.35. The molecule has 0 saturated heterocycles. The van der Waals surface area contributed by atoms with Crippen molar-refractivity contribution in [3.8, 4) is 0 Å². The monoisotopic (exact) mass is 360 g/mol. The molecule has 0 spiro atoms. The first-order valence-corrected chi connectivity index (χ1v) is 9.29. The van der Waals surface area contributed by atoms with Gasteiger partial charge in [-0.05, 0) is 50.7 Å². The quantitative estimate of drug-likeness (QED) is 0.773. The minimum Gasteiger partial charge on any atom is -0.377 e. The Hall–Kier alpha value is -2.08. The Kier molecular flexibility index (Phi) is 7.03. The predicted octanol–water partition coefficient (Wildman–Crippen LogP) is 2.40. The molecule has 1 aliphatic rings. The molecule has 2 amide bonds. The summed E-state index contributed by atoms with van der Waals surface area (Å²) >= 11 is 0. The predicted molar refractivity (Wildman–Crippen MR) is 106 cm³/mol. The van der Waals surface area contributed by atoms with Crippen LogP contribution in [-0.4, -0.2) is 62.9 Å². The van der Waals surface area contributed by atoms with Crippen LogP contribution in [0.2, 0.25) is 0 Å². The summed E-state index contributed by atoms with van der Waals surface area (Å²) in [4.78, 5) is 30.3. The first kappa shape index (κ1) is 20.2. The summed E-state index contributed by atoms with van der Waals surface area (Å²) in [6.07, 6.45) is 3.11. The molecule has 144 valence electrons. The van der Waals surface area contributed by atoms with Crippen molar-refractivity contribution in [1.29, 1.82) is 0 Å². The lowest BCUT2D eigenvalue weighted by atomic mass is 9.85. The van der Waals surface area contributed by atoms with Gasteiger partial charge >= 0.3 is 0 Å². The van der Waals surface area contributed by atoms with E-state index in [0.717, 1.165) is 42.7 Å². The molecular formula is C20H32N4O2. The molecule has 1 saturated carbocycles. The van der Waals surface area contributed by atoms with Gasteiger partial charge in [-0.1, -0.05) is 6.42 Å². The van der Waals surface area contributed by atoms with Crippen LogP contribution in [0.1, 0.15) is 31.7 Å². The Bertz CT molecular complexity index is 639. The van der Waals surface area contributed by atoms with Gasteiger partial charge < -0.3 is 20.0 Å². The summed E-state index contributed by atoms with van der Waals surface area (Å²) in [5, 5.41) is 3.03. The molecule has 0 atom stereocenters. The van der Waals surface area contributed by atoms with Crippen LogP contribution in [-0.2, 0) is 16.1 Å². The topological polar surface area (TPSA) is 55.9 Å². The lowest BCUT2D eigenvalue weighted by Gasteiger charge is -2.27. The number of likely N-dealkylation sites (N-methyl/N-ethyl adjacent to an activating group) is 1. The zero-order valence-corrected chi connectivity index (χ0v) is 16.7. The Labute approximate surface area is 157 Å². The van der Waals surface area contributed by atoms with Gasteiger partial charge in [-0.25, -0.2) is 0 Å². The fourth-order valence-corrected chi connectivity index (χ4v) is 3.02. The van der Waals surface area contributed by atoms with Gasteiger partial charge in [0.25, 0.3) is 0 Å². The van der Waals surface area contributed by atoms with Gasteiger partial charge in [0.1, 0.15) is 0 Å². The number of carbonyl (C=O) groups excluding carboxylic acids is 2. The third-order valence-electron chi connectivity index (χ3n) is 4.93. The number of rotatable bonds is 8. The van der Waals surface area contributed by atoms with E-state index < -0.39 is 0 Å². The molecule has 1 aromatic carbocycles. The fraction of sp³-hybridized carbons (Fsp3) is 0.600. The van der Waals surface area contributed by atoms with E-state index in [1.807, 2.05) is 56.2 Å². The highest BCUT2D eigenvalue weighted by atomic mass is 16.2. The number of hydrogen-bond acceptors (Lipinski definition) is 4. The van der Waals surface area contributed by atoms with Crippen molar-refractivity contribution in [2.24, 2.45) is 5.92 Å². The highest BCUT2D eigenvalue weighted by molar-refractivity contribution is 5.93. The summed E-state index contributed by atoms with van der Waals surface area (Å²) in [6, 6.07) is 5.95. The number of anilines is 2. The molecule has 0 aliphatic heterocycles. The number of nitrogens with one attached hydrogen (secondary N) is 1. The first-order valence-electron chi connectivity index (χ1n) is 9.29. The zero-order chi connectivity index (χ0) is 19.3. The van der Waals surface area contributed by atoms with Crippen LogP contribution in [0.4, 0.5) is 11.4 Å². The van der Waals surface area contributed by atoms with E-state index in [4.69, 9.17) is 0 Å². The van der Waals surface area contributed by atoms with Crippen molar-refractivity contribution in [3.05, 3.63) is 23.8 Å². The number of carbonyl (C=O) groups is 2. The standard InChI is InChI=1S/C20H32N4O2/c1-15(25)24(12-11-22(2)3)14-17-13-18(9-10-19(17)23(4)5)21-20(26)16-7-6-8-16/h9-10,13,16H,6-8,11-12,14H2,1-5H3,(H,21,26). The third kappa shape index (κ3) is 5.46. The van der Waals surface area contributed by atoms with Crippen LogP contribution < -0.4 is 10.2 Å². The molecule has 0 unspecified atom stereocenters. The maximum atomic E-state index is 12.2. The SMILES string of the molecule is CC(=O)N(CCN(C)C)Cc1cc(NC(=O)C2CCC2)ccc1N(C)C. The molecule has 1 fully saturated rings. The summed E-state index contributed by atoms with van der Waals surface area (Å²) in [5.74, 6) is 0.317. The molecule has 26 heavy (non-hydrogen) atoms. The van der Waals surface area contributed by atoms with Crippen molar-refractivity contribution in [3.63, 3.8) is 0 Å². The highest BCUT2D eigenvalue weighted by Gasteiger charge is 2.25. The average molecular weight is 361 g/mol. The number of hydrogen-bond donors (Lipinski definition) is 1. The summed E-state index contributed by atoms with van der Waals surface area (Å²) in [6.45, 7) is 3.62. The molecule has 0 radical (unpaired) electrons. The molecule has 1 N–H and O–H groups in total. The fourth-order valence-electron chi connectivity index (χ4n) is 3.02. The molecule has 1 aromatic rings. The second kappa shape index (κ2) is 9.03. The summed E-state index contributed by atoms with van der Waals surface area (Å²) < 4.78 is 0. The van der Waals surface area contributed by atoms with E-state index in [2.05, 4.69) is 10.2 Å². The molecule has 0 heterocycles. The van der Waals surface area contributed by atoms with Gasteiger partial charge in [0.15, 0.2) is 0 Å². The van der Waals surface area contributed by atoms with Crippen LogP contribution in [0.5, 0.6) is 0 Å². The van der Waals surface area contributed by atoms with Gasteiger partial charge in [0, 0.05) is 57.9 Å². The highest BCUT2D eigenvalue weighted by Crippen LogP contribution is 2.29. The number of nitrogens with zero attached hydrogens (tertiary/aromatic N) is 3. The Morgan fingerprint density at radius 1 is 1.12 bits per heavy atom. The molecule has 0 bridgehead atoms. The largest absolute Gasteiger partial charge is 0.377 e. The van der Waals surface area contributed by atoms with Crippen LogP contribution in [0, 0.1) is 5.92 Å². The smallest absolute Gasteiger partial charge is 0.227 e. The van der Waals surface area contributed by atoms with Crippen molar-refractivity contribution < 1.29 is 9.59 Å². The molecule has 6 nitrogen and oxygen atoms in total. The zero-order valence-electron chi connectivity index (χ0n) is 16.7. The molecule has 1 aliphatic carbocycles. The Balaban J connectivity index is 2.17. The normalized spacial score (nSPS) is 14.1. The maximum Gasteiger partial charge on any atom is 0.227 e. The van der Waals surface area contributed by atoms with E-state index in [-0.39, 0.29) is 17.7 Å².